The van der Waals surface area contributed by atoms with Crippen LogP contribution < -0.4 is 5.32 Å². The second-order valence-electron chi connectivity index (χ2n) is 8.30. The van der Waals surface area contributed by atoms with Gasteiger partial charge in [-0.3, -0.25) is 9.69 Å². The number of aryl methyl sites for hydroxylation is 1. The quantitative estimate of drug-likeness (QED) is 0.673. The van der Waals surface area contributed by atoms with Gasteiger partial charge in [0.25, 0.3) is 0 Å². The highest BCUT2D eigenvalue weighted by Crippen LogP contribution is 2.28. The number of halogens is 3. The van der Waals surface area contributed by atoms with Crippen LogP contribution in [0.5, 0.6) is 0 Å². The van der Waals surface area contributed by atoms with E-state index < -0.39 is 12.1 Å². The summed E-state index contributed by atoms with van der Waals surface area (Å²) in [7, 11) is 0. The first-order valence-electron chi connectivity index (χ1n) is 10.4. The highest BCUT2D eigenvalue weighted by molar-refractivity contribution is 7.09. The van der Waals surface area contributed by atoms with Crippen molar-refractivity contribution in [1.82, 2.24) is 19.8 Å². The first-order chi connectivity index (χ1) is 15.1. The maximum atomic E-state index is 12.3. The number of carboxylic acids is 1. The van der Waals surface area contributed by atoms with Crippen LogP contribution in [-0.4, -0.2) is 50.7 Å². The molecule has 32 heavy (non-hydrogen) atoms. The number of rotatable bonds is 6. The van der Waals surface area contributed by atoms with Gasteiger partial charge in [-0.2, -0.15) is 13.2 Å². The number of fused-ring (bicyclic) bond motifs is 1. The monoisotopic (exact) mass is 472 g/mol. The summed E-state index contributed by atoms with van der Waals surface area (Å²) in [5, 5.41) is 10.2. The summed E-state index contributed by atoms with van der Waals surface area (Å²) in [6.07, 6.45) is 0.227. The fourth-order valence-corrected chi connectivity index (χ4v) is 4.43. The first-order valence-corrected chi connectivity index (χ1v) is 11.3. The summed E-state index contributed by atoms with van der Waals surface area (Å²) in [4.78, 5) is 29.4. The summed E-state index contributed by atoms with van der Waals surface area (Å²) in [5.41, 5.74) is 4.39. The van der Waals surface area contributed by atoms with E-state index in [2.05, 4.69) is 45.0 Å². The lowest BCUT2D eigenvalue weighted by Crippen LogP contribution is -2.33. The number of carboxylic acid groups (broad SMARTS) is 1. The van der Waals surface area contributed by atoms with Crippen molar-refractivity contribution in [2.75, 3.05) is 13.1 Å². The van der Waals surface area contributed by atoms with Gasteiger partial charge in [-0.15, -0.1) is 11.3 Å². The zero-order valence-corrected chi connectivity index (χ0v) is 18.6. The number of nitrogens with one attached hydrogen (secondary N) is 1. The number of hydrogen-bond acceptors (Lipinski definition) is 5. The number of thiazole rings is 1. The van der Waals surface area contributed by atoms with Crippen molar-refractivity contribution < 1.29 is 27.9 Å². The number of nitrogens with zero attached hydrogens (tertiary/aromatic N) is 3. The van der Waals surface area contributed by atoms with Crippen molar-refractivity contribution in [1.29, 1.82) is 0 Å². The average molecular weight is 473 g/mol. The van der Waals surface area contributed by atoms with Gasteiger partial charge in [0.15, 0.2) is 0 Å². The molecule has 1 aliphatic carbocycles. The minimum absolute atomic E-state index is 0.210. The topological polar surface area (TPSA) is 87.5 Å². The van der Waals surface area contributed by atoms with Crippen LogP contribution in [-0.2, 0) is 29.2 Å². The molecular weight excluding hydrogens is 445 g/mol. The van der Waals surface area contributed by atoms with Gasteiger partial charge in [-0.25, -0.2) is 9.78 Å². The number of carbonyl (C=O) groups is 2. The lowest BCUT2D eigenvalue weighted by atomic mass is 10.0. The highest BCUT2D eigenvalue weighted by Gasteiger charge is 2.38. The van der Waals surface area contributed by atoms with E-state index in [1.807, 2.05) is 5.51 Å². The Hall–Kier alpha value is -2.40. The molecule has 1 unspecified atom stereocenters. The van der Waals surface area contributed by atoms with Crippen molar-refractivity contribution in [2.45, 2.75) is 52.0 Å². The third-order valence-electron chi connectivity index (χ3n) is 5.49. The summed E-state index contributed by atoms with van der Waals surface area (Å²) in [6.45, 7) is 6.68. The number of aliphatic carboxylic acids is 1. The standard InChI is InChI=1S/C19H26N4OS.C2HF3O2/c1-14-18(25-13-21-14)12-22-9-16(7-19(24)20-8-15-4-5-15)10-23-6-2-3-17(23)11-22;3-2(4,5)1(6)7/h2-3,6,13,15-16H,4-5,7-12H2,1H3,(H,20,24);(H,6,7). The average Bonchev–Trinajstić information content (AvgIpc) is 3.36. The van der Waals surface area contributed by atoms with Gasteiger partial charge in [0.1, 0.15) is 0 Å². The second-order valence-corrected chi connectivity index (χ2v) is 9.24. The van der Waals surface area contributed by atoms with Gasteiger partial charge < -0.3 is 15.0 Å². The minimum Gasteiger partial charge on any atom is -0.475 e. The first kappa shape index (κ1) is 24.2. The van der Waals surface area contributed by atoms with Crippen LogP contribution in [0.1, 0.15) is 35.5 Å². The Bertz CT molecular complexity index is 924. The molecule has 0 bridgehead atoms. The third kappa shape index (κ3) is 7.33. The normalized spacial score (nSPS) is 18.8. The zero-order valence-electron chi connectivity index (χ0n) is 17.8. The van der Waals surface area contributed by atoms with Gasteiger partial charge in [-0.1, -0.05) is 0 Å². The minimum atomic E-state index is -5.08. The lowest BCUT2D eigenvalue weighted by Gasteiger charge is -2.23. The maximum Gasteiger partial charge on any atom is 0.490 e. The Morgan fingerprint density at radius 3 is 2.59 bits per heavy atom. The van der Waals surface area contributed by atoms with Crippen LogP contribution >= 0.6 is 11.3 Å². The fourth-order valence-electron chi connectivity index (χ4n) is 3.61. The van der Waals surface area contributed by atoms with Crippen LogP contribution in [0.25, 0.3) is 0 Å². The van der Waals surface area contributed by atoms with Crippen LogP contribution in [0.2, 0.25) is 0 Å². The molecule has 3 heterocycles. The molecule has 2 aliphatic rings. The Morgan fingerprint density at radius 2 is 2.00 bits per heavy atom. The molecule has 7 nitrogen and oxygen atoms in total. The Balaban J connectivity index is 0.000000360. The van der Waals surface area contributed by atoms with Crippen LogP contribution in [0, 0.1) is 18.8 Å². The predicted octanol–water partition coefficient (Wildman–Crippen LogP) is 3.43. The molecule has 2 N–H and O–H groups in total. The predicted molar refractivity (Wildman–Crippen MR) is 113 cm³/mol. The fraction of sp³-hybridized carbons (Fsp3) is 0.571. The van der Waals surface area contributed by atoms with Gasteiger partial charge in [-0.05, 0) is 43.7 Å². The van der Waals surface area contributed by atoms with E-state index in [9.17, 15) is 18.0 Å². The van der Waals surface area contributed by atoms with E-state index in [0.29, 0.717) is 12.3 Å². The Morgan fingerprint density at radius 1 is 1.28 bits per heavy atom. The molecular formula is C21H27F3N4O3S. The molecule has 0 radical (unpaired) electrons. The van der Waals surface area contributed by atoms with E-state index in [1.165, 1.54) is 23.4 Å². The van der Waals surface area contributed by atoms with Crippen molar-refractivity contribution in [3.8, 4) is 0 Å². The number of carbonyl (C=O) groups excluding carboxylic acids is 1. The lowest BCUT2D eigenvalue weighted by molar-refractivity contribution is -0.192. The number of hydrogen-bond donors (Lipinski definition) is 2. The van der Waals surface area contributed by atoms with E-state index in [1.54, 1.807) is 11.3 Å². The van der Waals surface area contributed by atoms with Crippen LogP contribution in [0.15, 0.2) is 23.8 Å². The molecule has 0 aromatic carbocycles. The number of amides is 1. The van der Waals surface area contributed by atoms with Gasteiger partial charge in [0.05, 0.1) is 11.2 Å². The van der Waals surface area contributed by atoms with E-state index in [0.717, 1.165) is 44.3 Å². The molecule has 4 rings (SSSR count). The van der Waals surface area contributed by atoms with Gasteiger partial charge in [0.2, 0.25) is 5.91 Å². The molecule has 1 amide bonds. The smallest absolute Gasteiger partial charge is 0.475 e. The molecule has 2 aromatic heterocycles. The number of alkyl halides is 3. The maximum absolute atomic E-state index is 12.3. The van der Waals surface area contributed by atoms with E-state index in [-0.39, 0.29) is 5.91 Å². The van der Waals surface area contributed by atoms with E-state index >= 15 is 0 Å². The third-order valence-corrected chi connectivity index (χ3v) is 6.41. The molecule has 0 spiro atoms. The summed E-state index contributed by atoms with van der Waals surface area (Å²) >= 11 is 1.73. The molecule has 1 fully saturated rings. The van der Waals surface area contributed by atoms with E-state index in [4.69, 9.17) is 9.90 Å². The molecule has 0 saturated heterocycles. The van der Waals surface area contributed by atoms with Crippen LogP contribution in [0.4, 0.5) is 13.2 Å². The molecule has 1 aliphatic heterocycles. The summed E-state index contributed by atoms with van der Waals surface area (Å²) in [6, 6.07) is 4.31. The highest BCUT2D eigenvalue weighted by atomic mass is 32.1. The molecule has 1 atom stereocenters. The Kier molecular flexibility index (Phi) is 7.94. The van der Waals surface area contributed by atoms with Gasteiger partial charge in [0, 0.05) is 55.9 Å². The van der Waals surface area contributed by atoms with Crippen molar-refractivity contribution in [3.63, 3.8) is 0 Å². The molecule has 11 heteroatoms. The summed E-state index contributed by atoms with van der Waals surface area (Å²) < 4.78 is 34.1. The molecule has 176 valence electrons. The van der Waals surface area contributed by atoms with Crippen LogP contribution in [0.3, 0.4) is 0 Å². The molecule has 2 aromatic rings. The van der Waals surface area contributed by atoms with Gasteiger partial charge >= 0.3 is 12.1 Å². The molecule has 1 saturated carbocycles. The Labute approximate surface area is 188 Å². The SMILES string of the molecule is Cc1ncsc1CN1Cc2cccn2CC(CC(=O)NCC2CC2)C1.O=C(O)C(F)(F)F. The van der Waals surface area contributed by atoms with Crippen molar-refractivity contribution in [3.05, 3.63) is 40.1 Å². The second kappa shape index (κ2) is 10.5. The van der Waals surface area contributed by atoms with Crippen molar-refractivity contribution >= 4 is 23.2 Å². The number of aromatic nitrogens is 2. The summed E-state index contributed by atoms with van der Waals surface area (Å²) in [5.74, 6) is -1.46. The van der Waals surface area contributed by atoms with Crippen molar-refractivity contribution in [2.24, 2.45) is 11.8 Å². The zero-order chi connectivity index (χ0) is 23.3. The largest absolute Gasteiger partial charge is 0.490 e.